The maximum Gasteiger partial charge on any atom is 0.418 e. The van der Waals surface area contributed by atoms with Gasteiger partial charge in [-0.25, -0.2) is 10.3 Å². The number of fused-ring (bicyclic) bond motifs is 2. The Morgan fingerprint density at radius 3 is 2.75 bits per heavy atom. The lowest BCUT2D eigenvalue weighted by Crippen LogP contribution is -2.50. The van der Waals surface area contributed by atoms with Crippen molar-refractivity contribution >= 4 is 22.3 Å². The molecule has 138 valence electrons. The minimum absolute atomic E-state index is 0.140. The summed E-state index contributed by atoms with van der Waals surface area (Å²) in [5.74, 6) is -0.486. The van der Waals surface area contributed by atoms with Gasteiger partial charge in [-0.1, -0.05) is 13.8 Å². The SMILES string of the molecule is CC(C)NCCONC(=O)[C@@H]1CCC2CN1C(=O)N2OS(=O)(=O)O. The number of nitrogens with zero attached hydrogens (tertiary/aromatic N) is 2. The van der Waals surface area contributed by atoms with Crippen molar-refractivity contribution in [3.05, 3.63) is 0 Å². The fourth-order valence-electron chi connectivity index (χ4n) is 2.69. The van der Waals surface area contributed by atoms with Crippen LogP contribution in [0.5, 0.6) is 0 Å². The zero-order valence-electron chi connectivity index (χ0n) is 13.5. The average Bonchev–Trinajstić information content (AvgIpc) is 2.70. The van der Waals surface area contributed by atoms with Gasteiger partial charge in [0.25, 0.3) is 5.91 Å². The van der Waals surface area contributed by atoms with Crippen LogP contribution in [0.3, 0.4) is 0 Å². The van der Waals surface area contributed by atoms with Crippen LogP contribution in [0.25, 0.3) is 0 Å². The third-order valence-electron chi connectivity index (χ3n) is 3.73. The Morgan fingerprint density at radius 2 is 2.12 bits per heavy atom. The van der Waals surface area contributed by atoms with Crippen molar-refractivity contribution in [1.82, 2.24) is 20.8 Å². The van der Waals surface area contributed by atoms with E-state index in [1.54, 1.807) is 0 Å². The third-order valence-corrected chi connectivity index (χ3v) is 4.08. The van der Waals surface area contributed by atoms with Crippen LogP contribution in [-0.2, 0) is 24.3 Å². The fourth-order valence-corrected chi connectivity index (χ4v) is 3.08. The highest BCUT2D eigenvalue weighted by Gasteiger charge is 2.49. The number of carbonyl (C=O) groups excluding carboxylic acids is 2. The molecule has 0 spiro atoms. The number of carbonyl (C=O) groups is 2. The van der Waals surface area contributed by atoms with Gasteiger partial charge in [-0.15, -0.1) is 4.28 Å². The van der Waals surface area contributed by atoms with Crippen molar-refractivity contribution in [1.29, 1.82) is 0 Å². The summed E-state index contributed by atoms with van der Waals surface area (Å²) in [6.07, 6.45) is 0.700. The molecule has 1 unspecified atom stereocenters. The number of amides is 3. The van der Waals surface area contributed by atoms with Crippen LogP contribution in [-0.4, -0.2) is 72.7 Å². The van der Waals surface area contributed by atoms with Gasteiger partial charge in [-0.2, -0.15) is 13.5 Å². The normalized spacial score (nSPS) is 23.9. The number of urea groups is 1. The lowest BCUT2D eigenvalue weighted by molar-refractivity contribution is -0.138. The van der Waals surface area contributed by atoms with E-state index in [2.05, 4.69) is 15.1 Å². The number of rotatable bonds is 8. The zero-order valence-corrected chi connectivity index (χ0v) is 14.3. The maximum absolute atomic E-state index is 12.2. The Morgan fingerprint density at radius 1 is 1.42 bits per heavy atom. The first kappa shape index (κ1) is 18.9. The molecule has 2 heterocycles. The molecule has 2 aliphatic rings. The van der Waals surface area contributed by atoms with E-state index in [0.717, 1.165) is 0 Å². The van der Waals surface area contributed by atoms with Gasteiger partial charge < -0.3 is 10.2 Å². The van der Waals surface area contributed by atoms with Gasteiger partial charge in [0.15, 0.2) is 0 Å². The minimum atomic E-state index is -4.80. The van der Waals surface area contributed by atoms with Crippen LogP contribution >= 0.6 is 0 Å². The smallest absolute Gasteiger partial charge is 0.312 e. The minimum Gasteiger partial charge on any atom is -0.312 e. The summed E-state index contributed by atoms with van der Waals surface area (Å²) >= 11 is 0. The van der Waals surface area contributed by atoms with E-state index in [1.165, 1.54) is 4.90 Å². The highest BCUT2D eigenvalue weighted by atomic mass is 32.3. The molecule has 11 nitrogen and oxygen atoms in total. The summed E-state index contributed by atoms with van der Waals surface area (Å²) < 4.78 is 34.6. The topological polar surface area (TPSA) is 138 Å². The molecule has 3 amide bonds. The number of nitrogens with one attached hydrogen (secondary N) is 2. The largest absolute Gasteiger partial charge is 0.418 e. The Hall–Kier alpha value is -1.47. The second-order valence-corrected chi connectivity index (χ2v) is 6.94. The summed E-state index contributed by atoms with van der Waals surface area (Å²) in [4.78, 5) is 30.6. The summed E-state index contributed by atoms with van der Waals surface area (Å²) in [6.45, 7) is 4.93. The van der Waals surface area contributed by atoms with Crippen molar-refractivity contribution in [2.24, 2.45) is 0 Å². The first-order valence-electron chi connectivity index (χ1n) is 7.61. The van der Waals surface area contributed by atoms with E-state index >= 15 is 0 Å². The number of hydrogen-bond acceptors (Lipinski definition) is 7. The molecule has 0 aromatic heterocycles. The van der Waals surface area contributed by atoms with Crippen LogP contribution in [0.2, 0.25) is 0 Å². The van der Waals surface area contributed by atoms with E-state index in [4.69, 9.17) is 9.39 Å². The van der Waals surface area contributed by atoms with Crippen LogP contribution in [0, 0.1) is 0 Å². The highest BCUT2D eigenvalue weighted by Crippen LogP contribution is 2.30. The lowest BCUT2D eigenvalue weighted by Gasteiger charge is -2.28. The van der Waals surface area contributed by atoms with Gasteiger partial charge in [-0.05, 0) is 12.8 Å². The molecule has 0 aromatic rings. The van der Waals surface area contributed by atoms with E-state index in [1.807, 2.05) is 13.8 Å². The standard InChI is InChI=1S/C12H22N4O7S/c1-8(2)13-5-6-22-14-11(17)10-4-3-9-7-15(10)12(18)16(9)23-24(19,20)21/h8-10,13H,3-7H2,1-2H3,(H,14,17)(H,19,20,21)/t9?,10-/m0/s1. The summed E-state index contributed by atoms with van der Waals surface area (Å²) in [5.41, 5.74) is 2.29. The molecule has 0 aromatic carbocycles. The van der Waals surface area contributed by atoms with Crippen molar-refractivity contribution in [3.63, 3.8) is 0 Å². The lowest BCUT2D eigenvalue weighted by atomic mass is 10.0. The monoisotopic (exact) mass is 366 g/mol. The molecule has 0 radical (unpaired) electrons. The predicted molar refractivity (Wildman–Crippen MR) is 80.6 cm³/mol. The molecular weight excluding hydrogens is 344 g/mol. The third kappa shape index (κ3) is 4.77. The summed E-state index contributed by atoms with van der Waals surface area (Å²) in [6, 6.07) is -1.78. The van der Waals surface area contributed by atoms with Crippen molar-refractivity contribution in [2.75, 3.05) is 19.7 Å². The molecule has 3 N–H and O–H groups in total. The van der Waals surface area contributed by atoms with Crippen LogP contribution in [0.1, 0.15) is 26.7 Å². The molecule has 2 fully saturated rings. The first-order valence-corrected chi connectivity index (χ1v) is 8.97. The maximum atomic E-state index is 12.2. The van der Waals surface area contributed by atoms with E-state index in [0.29, 0.717) is 30.5 Å². The molecule has 0 aliphatic carbocycles. The molecule has 24 heavy (non-hydrogen) atoms. The summed E-state index contributed by atoms with van der Waals surface area (Å²) in [7, 11) is -4.80. The van der Waals surface area contributed by atoms with Gasteiger partial charge >= 0.3 is 16.4 Å². The quantitative estimate of drug-likeness (QED) is 0.284. The van der Waals surface area contributed by atoms with Gasteiger partial charge in [0, 0.05) is 19.1 Å². The molecular formula is C12H22N4O7S. The molecule has 2 rings (SSSR count). The van der Waals surface area contributed by atoms with Gasteiger partial charge in [0.2, 0.25) is 0 Å². The number of hydrogen-bond donors (Lipinski definition) is 3. The molecule has 2 atom stereocenters. The first-order chi connectivity index (χ1) is 11.2. The predicted octanol–water partition coefficient (Wildman–Crippen LogP) is -0.965. The number of hydroxylamine groups is 3. The van der Waals surface area contributed by atoms with Gasteiger partial charge in [0.05, 0.1) is 12.6 Å². The van der Waals surface area contributed by atoms with Crippen molar-refractivity contribution in [3.8, 4) is 0 Å². The second kappa shape index (κ2) is 7.61. The number of piperidine rings is 1. The molecule has 2 aliphatic heterocycles. The Kier molecular flexibility index (Phi) is 5.98. The zero-order chi connectivity index (χ0) is 17.9. The molecule has 12 heteroatoms. The van der Waals surface area contributed by atoms with Crippen LogP contribution in [0.4, 0.5) is 4.79 Å². The van der Waals surface area contributed by atoms with Gasteiger partial charge in [0.1, 0.15) is 6.04 Å². The van der Waals surface area contributed by atoms with E-state index in [9.17, 15) is 18.0 Å². The summed E-state index contributed by atoms with van der Waals surface area (Å²) in [5, 5.41) is 3.71. The van der Waals surface area contributed by atoms with Crippen molar-refractivity contribution in [2.45, 2.75) is 44.8 Å². The van der Waals surface area contributed by atoms with Crippen LogP contribution < -0.4 is 10.8 Å². The van der Waals surface area contributed by atoms with E-state index in [-0.39, 0.29) is 13.2 Å². The second-order valence-electron chi connectivity index (χ2n) is 5.93. The fraction of sp³-hybridized carbons (Fsp3) is 0.833. The van der Waals surface area contributed by atoms with Crippen LogP contribution in [0.15, 0.2) is 0 Å². The van der Waals surface area contributed by atoms with Gasteiger partial charge in [-0.3, -0.25) is 14.2 Å². The average molecular weight is 366 g/mol. The Bertz CT molecular complexity index is 582. The Labute approximate surface area is 140 Å². The van der Waals surface area contributed by atoms with Crippen molar-refractivity contribution < 1.29 is 31.7 Å². The molecule has 2 saturated heterocycles. The Balaban J connectivity index is 1.85. The van der Waals surface area contributed by atoms with E-state index < -0.39 is 34.4 Å². The molecule has 2 bridgehead atoms. The molecule has 0 saturated carbocycles. The highest BCUT2D eigenvalue weighted by molar-refractivity contribution is 7.80.